The number of phenols is 2. The third-order valence-corrected chi connectivity index (χ3v) is 6.66. The summed E-state index contributed by atoms with van der Waals surface area (Å²) in [7, 11) is 0. The van der Waals surface area contributed by atoms with E-state index in [2.05, 4.69) is 13.5 Å². The lowest BCUT2D eigenvalue weighted by Crippen LogP contribution is -2.26. The van der Waals surface area contributed by atoms with Gasteiger partial charge in [-0.15, -0.1) is 0 Å². The molecule has 0 aliphatic carbocycles. The van der Waals surface area contributed by atoms with Gasteiger partial charge in [0.05, 0.1) is 11.1 Å². The van der Waals surface area contributed by atoms with E-state index in [0.717, 1.165) is 47.1 Å². The van der Waals surface area contributed by atoms with Gasteiger partial charge in [0.25, 0.3) is 5.91 Å². The highest BCUT2D eigenvalue weighted by atomic mass is 16.3. The Morgan fingerprint density at radius 2 is 1.71 bits per heavy atom. The van der Waals surface area contributed by atoms with Gasteiger partial charge in [-0.1, -0.05) is 79.9 Å². The average molecular weight is 456 g/mol. The highest BCUT2D eigenvalue weighted by Gasteiger charge is 2.30. The molecule has 1 aliphatic rings. The van der Waals surface area contributed by atoms with Gasteiger partial charge in [0.15, 0.2) is 0 Å². The van der Waals surface area contributed by atoms with Crippen LogP contribution in [0.1, 0.15) is 71.3 Å². The number of nitrogens with zero attached hydrogens (tertiary/aromatic N) is 1. The predicted molar refractivity (Wildman–Crippen MR) is 138 cm³/mol. The fraction of sp³-hybridized carbons (Fsp3) is 0.300. The minimum Gasteiger partial charge on any atom is -0.507 e. The topological polar surface area (TPSA) is 60.8 Å². The molecule has 4 heteroatoms. The van der Waals surface area contributed by atoms with Crippen molar-refractivity contribution in [3.8, 4) is 22.6 Å². The molecule has 0 unspecified atom stereocenters. The molecule has 34 heavy (non-hydrogen) atoms. The number of hydrogen-bond acceptors (Lipinski definition) is 3. The molecule has 0 fully saturated rings. The Kier molecular flexibility index (Phi) is 6.78. The number of aryl methyl sites for hydroxylation is 2. The molecule has 0 saturated heterocycles. The van der Waals surface area contributed by atoms with E-state index in [0.29, 0.717) is 41.8 Å². The quantitative estimate of drug-likeness (QED) is 0.377. The van der Waals surface area contributed by atoms with Crippen LogP contribution in [0.4, 0.5) is 0 Å². The van der Waals surface area contributed by atoms with Gasteiger partial charge in [-0.05, 0) is 60.6 Å². The van der Waals surface area contributed by atoms with Crippen LogP contribution in [0.25, 0.3) is 16.7 Å². The van der Waals surface area contributed by atoms with E-state index in [-0.39, 0.29) is 17.4 Å². The zero-order valence-electron chi connectivity index (χ0n) is 20.3. The minimum absolute atomic E-state index is 0.0154. The zero-order chi connectivity index (χ0) is 24.4. The van der Waals surface area contributed by atoms with Crippen molar-refractivity contribution in [1.29, 1.82) is 0 Å². The number of allylic oxidation sites excluding steroid dienone is 1. The first-order valence-electron chi connectivity index (χ1n) is 12.0. The maximum absolute atomic E-state index is 13.8. The third kappa shape index (κ3) is 4.45. The van der Waals surface area contributed by atoms with Crippen LogP contribution < -0.4 is 0 Å². The van der Waals surface area contributed by atoms with Gasteiger partial charge in [-0.25, -0.2) is 0 Å². The van der Waals surface area contributed by atoms with Crippen molar-refractivity contribution in [2.45, 2.75) is 59.5 Å². The number of hydrogen-bond donors (Lipinski definition) is 2. The second-order valence-corrected chi connectivity index (χ2v) is 9.37. The van der Waals surface area contributed by atoms with Crippen LogP contribution in [0.2, 0.25) is 0 Å². The van der Waals surface area contributed by atoms with Crippen molar-refractivity contribution < 1.29 is 15.0 Å². The summed E-state index contributed by atoms with van der Waals surface area (Å²) in [4.78, 5) is 15.6. The summed E-state index contributed by atoms with van der Waals surface area (Å²) in [6.07, 6.45) is 3.57. The number of fused-ring (bicyclic) bond motifs is 1. The van der Waals surface area contributed by atoms with Crippen LogP contribution in [0.5, 0.6) is 11.5 Å². The van der Waals surface area contributed by atoms with Gasteiger partial charge in [0, 0.05) is 13.1 Å². The normalized spacial score (nSPS) is 12.6. The van der Waals surface area contributed by atoms with E-state index in [1.807, 2.05) is 56.3 Å². The SMILES string of the molecule is C=C(C)c1ccc(C)cc1-c1c(O)cc(CCCCC)c(C(=O)N2Cc3ccccc3C2)c1O. The van der Waals surface area contributed by atoms with Crippen molar-refractivity contribution in [2.75, 3.05) is 0 Å². The third-order valence-electron chi connectivity index (χ3n) is 6.66. The molecule has 3 aromatic rings. The van der Waals surface area contributed by atoms with Crippen LogP contribution in [-0.4, -0.2) is 21.0 Å². The molecule has 0 aromatic heterocycles. The summed E-state index contributed by atoms with van der Waals surface area (Å²) < 4.78 is 0. The molecule has 176 valence electrons. The molecular formula is C30H33NO3. The van der Waals surface area contributed by atoms with Crippen LogP contribution >= 0.6 is 0 Å². The van der Waals surface area contributed by atoms with Crippen molar-refractivity contribution in [1.82, 2.24) is 4.90 Å². The Hall–Kier alpha value is -3.53. The van der Waals surface area contributed by atoms with Crippen molar-refractivity contribution in [3.63, 3.8) is 0 Å². The number of carbonyl (C=O) groups excluding carboxylic acids is 1. The summed E-state index contributed by atoms with van der Waals surface area (Å²) in [5.41, 5.74) is 6.88. The molecule has 0 saturated carbocycles. The van der Waals surface area contributed by atoms with Gasteiger partial charge in [0.2, 0.25) is 0 Å². The Bertz CT molecular complexity index is 1230. The second kappa shape index (κ2) is 9.76. The lowest BCUT2D eigenvalue weighted by atomic mass is 9.88. The predicted octanol–water partition coefficient (Wildman–Crippen LogP) is 7.00. The number of amides is 1. The number of aromatic hydroxyl groups is 2. The fourth-order valence-electron chi connectivity index (χ4n) is 4.85. The molecule has 4 rings (SSSR count). The molecule has 2 N–H and O–H groups in total. The maximum Gasteiger partial charge on any atom is 0.258 e. The summed E-state index contributed by atoms with van der Waals surface area (Å²) in [5, 5.41) is 22.6. The molecule has 1 amide bonds. The van der Waals surface area contributed by atoms with Crippen LogP contribution in [-0.2, 0) is 19.5 Å². The molecule has 3 aromatic carbocycles. The van der Waals surface area contributed by atoms with Crippen molar-refractivity contribution >= 4 is 11.5 Å². The highest BCUT2D eigenvalue weighted by Crippen LogP contribution is 2.45. The standard InChI is InChI=1S/C30H33NO3/c1-5-6-7-10-21-16-26(32)28(25-15-20(4)13-14-24(25)19(2)3)29(33)27(21)30(34)31-17-22-11-8-9-12-23(22)18-31/h8-9,11-16,32-33H,2,5-7,10,17-18H2,1,3-4H3. The Morgan fingerprint density at radius 3 is 2.32 bits per heavy atom. The molecule has 0 atom stereocenters. The molecule has 0 spiro atoms. The van der Waals surface area contributed by atoms with Gasteiger partial charge >= 0.3 is 0 Å². The Balaban J connectivity index is 1.85. The second-order valence-electron chi connectivity index (χ2n) is 9.37. The molecule has 1 aliphatic heterocycles. The van der Waals surface area contributed by atoms with Crippen LogP contribution in [0, 0.1) is 6.92 Å². The molecule has 0 radical (unpaired) electrons. The fourth-order valence-corrected chi connectivity index (χ4v) is 4.85. The lowest BCUT2D eigenvalue weighted by molar-refractivity contribution is 0.0747. The summed E-state index contributed by atoms with van der Waals surface area (Å²) in [5.74, 6) is -0.370. The van der Waals surface area contributed by atoms with Crippen LogP contribution in [0.15, 0.2) is 55.1 Å². The van der Waals surface area contributed by atoms with Crippen LogP contribution in [0.3, 0.4) is 0 Å². The minimum atomic E-state index is -0.203. The van der Waals surface area contributed by atoms with Gasteiger partial charge in [-0.2, -0.15) is 0 Å². The van der Waals surface area contributed by atoms with E-state index in [4.69, 9.17) is 0 Å². The van der Waals surface area contributed by atoms with E-state index >= 15 is 0 Å². The first-order chi connectivity index (χ1) is 16.3. The number of rotatable bonds is 7. The number of unbranched alkanes of at least 4 members (excludes halogenated alkanes) is 2. The number of carbonyl (C=O) groups is 1. The van der Waals surface area contributed by atoms with Gasteiger partial charge in [-0.3, -0.25) is 4.79 Å². The molecular weight excluding hydrogens is 422 g/mol. The maximum atomic E-state index is 13.8. The smallest absolute Gasteiger partial charge is 0.258 e. The molecule has 0 bridgehead atoms. The number of benzene rings is 3. The highest BCUT2D eigenvalue weighted by molar-refractivity contribution is 6.02. The van der Waals surface area contributed by atoms with Gasteiger partial charge in [0.1, 0.15) is 11.5 Å². The van der Waals surface area contributed by atoms with Crippen molar-refractivity contribution in [3.05, 3.63) is 88.5 Å². The molecule has 4 nitrogen and oxygen atoms in total. The Labute approximate surface area is 202 Å². The first-order valence-corrected chi connectivity index (χ1v) is 12.0. The monoisotopic (exact) mass is 455 g/mol. The van der Waals surface area contributed by atoms with E-state index < -0.39 is 0 Å². The zero-order valence-corrected chi connectivity index (χ0v) is 20.3. The molecule has 1 heterocycles. The lowest BCUT2D eigenvalue weighted by Gasteiger charge is -2.22. The van der Waals surface area contributed by atoms with E-state index in [1.54, 1.807) is 11.0 Å². The average Bonchev–Trinajstić information content (AvgIpc) is 3.23. The number of phenolic OH excluding ortho intramolecular Hbond substituents is 2. The summed E-state index contributed by atoms with van der Waals surface area (Å²) in [6, 6.07) is 15.6. The summed E-state index contributed by atoms with van der Waals surface area (Å²) >= 11 is 0. The van der Waals surface area contributed by atoms with E-state index in [9.17, 15) is 15.0 Å². The summed E-state index contributed by atoms with van der Waals surface area (Å²) in [6.45, 7) is 11.1. The van der Waals surface area contributed by atoms with E-state index in [1.165, 1.54) is 0 Å². The largest absolute Gasteiger partial charge is 0.507 e. The van der Waals surface area contributed by atoms with Crippen molar-refractivity contribution in [2.24, 2.45) is 0 Å². The van der Waals surface area contributed by atoms with Gasteiger partial charge < -0.3 is 15.1 Å². The Morgan fingerprint density at radius 1 is 1.03 bits per heavy atom. The first kappa shape index (κ1) is 23.6.